The molecule has 3 aromatic rings. The largest absolute Gasteiger partial charge is 0.494 e. The quantitative estimate of drug-likeness (QED) is 0.306. The summed E-state index contributed by atoms with van der Waals surface area (Å²) in [6.45, 7) is 5.32. The first-order chi connectivity index (χ1) is 15.6. The summed E-state index contributed by atoms with van der Waals surface area (Å²) in [4.78, 5) is 15.3. The fourth-order valence-electron chi connectivity index (χ4n) is 3.48. The van der Waals surface area contributed by atoms with Gasteiger partial charge in [0, 0.05) is 23.9 Å². The van der Waals surface area contributed by atoms with Crippen LogP contribution in [0.5, 0.6) is 5.75 Å². The minimum Gasteiger partial charge on any atom is -0.494 e. The van der Waals surface area contributed by atoms with Crippen LogP contribution in [0.25, 0.3) is 23.0 Å². The molecule has 1 aliphatic heterocycles. The van der Waals surface area contributed by atoms with E-state index in [0.717, 1.165) is 41.1 Å². The lowest BCUT2D eigenvalue weighted by atomic mass is 10.1. The van der Waals surface area contributed by atoms with Gasteiger partial charge >= 0.3 is 0 Å². The Morgan fingerprint density at radius 2 is 1.94 bits per heavy atom. The van der Waals surface area contributed by atoms with Crippen LogP contribution in [0, 0.1) is 0 Å². The molecule has 1 saturated heterocycles. The number of thioether (sulfide) groups is 1. The van der Waals surface area contributed by atoms with E-state index in [1.807, 2.05) is 78.5 Å². The second kappa shape index (κ2) is 10.1. The SMILES string of the molecule is CCCCN1C(=O)/C(=C/c2cn(-c3ccccc3)nc2-c2cccc(OCC)c2)SC1=S. The molecule has 7 heteroatoms. The van der Waals surface area contributed by atoms with Crippen LogP contribution in [-0.2, 0) is 4.79 Å². The monoisotopic (exact) mass is 463 g/mol. The Hall–Kier alpha value is -2.90. The van der Waals surface area contributed by atoms with Crippen LogP contribution in [0.3, 0.4) is 0 Å². The predicted molar refractivity (Wildman–Crippen MR) is 135 cm³/mol. The fourth-order valence-corrected chi connectivity index (χ4v) is 4.78. The number of benzene rings is 2. The second-order valence-electron chi connectivity index (χ2n) is 7.36. The standard InChI is InChI=1S/C25H25N3O2S2/c1-3-5-14-27-24(29)22(32-25(27)31)16-19-17-28(20-11-7-6-8-12-20)26-23(19)18-10-9-13-21(15-18)30-4-2/h6-13,15-17H,3-5,14H2,1-2H3/b22-16-. The van der Waals surface area contributed by atoms with Gasteiger partial charge in [-0.25, -0.2) is 4.68 Å². The van der Waals surface area contributed by atoms with Crippen molar-refractivity contribution in [2.24, 2.45) is 0 Å². The zero-order valence-electron chi connectivity index (χ0n) is 18.2. The molecule has 0 aliphatic carbocycles. The number of nitrogens with zero attached hydrogens (tertiary/aromatic N) is 3. The van der Waals surface area contributed by atoms with Crippen molar-refractivity contribution in [1.82, 2.24) is 14.7 Å². The topological polar surface area (TPSA) is 47.4 Å². The zero-order chi connectivity index (χ0) is 22.5. The number of thiocarbonyl (C=S) groups is 1. The number of para-hydroxylation sites is 1. The maximum Gasteiger partial charge on any atom is 0.266 e. The molecule has 32 heavy (non-hydrogen) atoms. The van der Waals surface area contributed by atoms with Gasteiger partial charge in [0.1, 0.15) is 15.8 Å². The average Bonchev–Trinajstić information content (AvgIpc) is 3.34. The number of amides is 1. The molecule has 5 nitrogen and oxygen atoms in total. The first kappa shape index (κ1) is 22.3. The Morgan fingerprint density at radius 1 is 1.12 bits per heavy atom. The summed E-state index contributed by atoms with van der Waals surface area (Å²) < 4.78 is 8.14. The minimum atomic E-state index is -0.0325. The van der Waals surface area contributed by atoms with E-state index in [9.17, 15) is 4.79 Å². The van der Waals surface area contributed by atoms with Crippen molar-refractivity contribution in [2.75, 3.05) is 13.2 Å². The van der Waals surface area contributed by atoms with Gasteiger partial charge in [0.2, 0.25) is 0 Å². The van der Waals surface area contributed by atoms with Crippen LogP contribution in [0.1, 0.15) is 32.3 Å². The van der Waals surface area contributed by atoms with Crippen molar-refractivity contribution in [3.05, 3.63) is 71.3 Å². The Morgan fingerprint density at radius 3 is 2.69 bits per heavy atom. The predicted octanol–water partition coefficient (Wildman–Crippen LogP) is 5.94. The molecular weight excluding hydrogens is 438 g/mol. The van der Waals surface area contributed by atoms with Crippen LogP contribution in [0.2, 0.25) is 0 Å². The first-order valence-electron chi connectivity index (χ1n) is 10.7. The van der Waals surface area contributed by atoms with Crippen molar-refractivity contribution >= 4 is 40.3 Å². The summed E-state index contributed by atoms with van der Waals surface area (Å²) >= 11 is 6.82. The van der Waals surface area contributed by atoms with Crippen molar-refractivity contribution in [3.63, 3.8) is 0 Å². The van der Waals surface area contributed by atoms with E-state index in [2.05, 4.69) is 6.92 Å². The molecule has 2 aromatic carbocycles. The fraction of sp³-hybridized carbons (Fsp3) is 0.240. The second-order valence-corrected chi connectivity index (χ2v) is 9.04. The van der Waals surface area contributed by atoms with Gasteiger partial charge < -0.3 is 4.74 Å². The summed E-state index contributed by atoms with van der Waals surface area (Å²) in [6, 6.07) is 17.8. The summed E-state index contributed by atoms with van der Waals surface area (Å²) in [5.41, 5.74) is 3.52. The van der Waals surface area contributed by atoms with Crippen LogP contribution < -0.4 is 4.74 Å². The third-order valence-corrected chi connectivity index (χ3v) is 6.45. The Kier molecular flexibility index (Phi) is 7.07. The molecule has 4 rings (SSSR count). The summed E-state index contributed by atoms with van der Waals surface area (Å²) in [5.74, 6) is 0.756. The normalized spacial score (nSPS) is 15.1. The molecule has 1 aromatic heterocycles. The molecule has 0 saturated carbocycles. The molecular formula is C25H25N3O2S2. The molecule has 1 amide bonds. The highest BCUT2D eigenvalue weighted by Gasteiger charge is 2.31. The minimum absolute atomic E-state index is 0.0325. The van der Waals surface area contributed by atoms with E-state index >= 15 is 0 Å². The first-order valence-corrected chi connectivity index (χ1v) is 12.0. The molecule has 0 N–H and O–H groups in total. The van der Waals surface area contributed by atoms with Crippen molar-refractivity contribution in [2.45, 2.75) is 26.7 Å². The van der Waals surface area contributed by atoms with Crippen molar-refractivity contribution in [3.8, 4) is 22.7 Å². The molecule has 0 unspecified atom stereocenters. The number of carbonyl (C=O) groups is 1. The number of hydrogen-bond donors (Lipinski definition) is 0. The maximum absolute atomic E-state index is 13.0. The van der Waals surface area contributed by atoms with Crippen LogP contribution in [0.15, 0.2) is 65.7 Å². The van der Waals surface area contributed by atoms with E-state index in [4.69, 9.17) is 22.1 Å². The van der Waals surface area contributed by atoms with Gasteiger partial charge in [-0.3, -0.25) is 9.69 Å². The van der Waals surface area contributed by atoms with Gasteiger partial charge in [-0.1, -0.05) is 67.7 Å². The number of carbonyl (C=O) groups excluding carboxylic acids is 1. The third kappa shape index (κ3) is 4.79. The molecule has 1 fully saturated rings. The molecule has 0 atom stereocenters. The summed E-state index contributed by atoms with van der Waals surface area (Å²) in [6.07, 6.45) is 5.80. The van der Waals surface area contributed by atoms with Gasteiger partial charge in [0.25, 0.3) is 5.91 Å². The number of unbranched alkanes of at least 4 members (excludes halogenated alkanes) is 1. The lowest BCUT2D eigenvalue weighted by Crippen LogP contribution is -2.28. The molecule has 0 bridgehead atoms. The molecule has 1 aliphatic rings. The van der Waals surface area contributed by atoms with Crippen molar-refractivity contribution in [1.29, 1.82) is 0 Å². The van der Waals surface area contributed by atoms with E-state index in [1.54, 1.807) is 4.90 Å². The molecule has 0 radical (unpaired) electrons. The number of rotatable bonds is 8. The lowest BCUT2D eigenvalue weighted by Gasteiger charge is -2.12. The average molecular weight is 464 g/mol. The van der Waals surface area contributed by atoms with Crippen LogP contribution >= 0.6 is 24.0 Å². The highest BCUT2D eigenvalue weighted by molar-refractivity contribution is 8.26. The Balaban J connectivity index is 1.76. The van der Waals surface area contributed by atoms with Crippen LogP contribution in [0.4, 0.5) is 0 Å². The van der Waals surface area contributed by atoms with Gasteiger partial charge in [-0.05, 0) is 43.7 Å². The smallest absolute Gasteiger partial charge is 0.266 e. The van der Waals surface area contributed by atoms with Gasteiger partial charge in [0.15, 0.2) is 0 Å². The van der Waals surface area contributed by atoms with Gasteiger partial charge in [-0.2, -0.15) is 5.10 Å². The Labute approximate surface area is 198 Å². The van der Waals surface area contributed by atoms with Crippen molar-refractivity contribution < 1.29 is 9.53 Å². The van der Waals surface area contributed by atoms with Gasteiger partial charge in [-0.15, -0.1) is 0 Å². The lowest BCUT2D eigenvalue weighted by molar-refractivity contribution is -0.122. The molecule has 2 heterocycles. The summed E-state index contributed by atoms with van der Waals surface area (Å²) in [5, 5.41) is 4.86. The van der Waals surface area contributed by atoms with E-state index in [1.165, 1.54) is 11.8 Å². The van der Waals surface area contributed by atoms with E-state index in [0.29, 0.717) is 22.4 Å². The van der Waals surface area contributed by atoms with Crippen LogP contribution in [-0.4, -0.2) is 38.1 Å². The van der Waals surface area contributed by atoms with E-state index < -0.39 is 0 Å². The highest BCUT2D eigenvalue weighted by atomic mass is 32.2. The zero-order valence-corrected chi connectivity index (χ0v) is 19.8. The molecule has 164 valence electrons. The Bertz CT molecular complexity index is 1160. The molecule has 0 spiro atoms. The highest BCUT2D eigenvalue weighted by Crippen LogP contribution is 2.35. The summed E-state index contributed by atoms with van der Waals surface area (Å²) in [7, 11) is 0. The third-order valence-electron chi connectivity index (χ3n) is 5.08. The number of hydrogen-bond acceptors (Lipinski definition) is 5. The van der Waals surface area contributed by atoms with Gasteiger partial charge in [0.05, 0.1) is 17.2 Å². The maximum atomic E-state index is 13.0. The number of ether oxygens (including phenoxy) is 1. The number of aromatic nitrogens is 2. The van der Waals surface area contributed by atoms with E-state index in [-0.39, 0.29) is 5.91 Å².